The molecule has 2 rings (SSSR count). The van der Waals surface area contributed by atoms with Gasteiger partial charge in [-0.05, 0) is 43.5 Å². The number of carbonyl (C=O) groups is 1. The fourth-order valence-electron chi connectivity index (χ4n) is 1.71. The van der Waals surface area contributed by atoms with Gasteiger partial charge in [-0.3, -0.25) is 4.79 Å². The van der Waals surface area contributed by atoms with E-state index in [-0.39, 0.29) is 5.56 Å². The third kappa shape index (κ3) is 3.17. The average molecular weight is 257 g/mol. The Morgan fingerprint density at radius 3 is 2.88 bits per heavy atom. The summed E-state index contributed by atoms with van der Waals surface area (Å²) in [7, 11) is 0. The summed E-state index contributed by atoms with van der Waals surface area (Å²) in [4.78, 5) is 11.3. The molecule has 1 fully saturated rings. The predicted octanol–water partition coefficient (Wildman–Crippen LogP) is 2.01. The first-order valence-corrected chi connectivity index (χ1v) is 5.93. The Labute approximate surface area is 104 Å². The number of nitrogens with two attached hydrogens (primary N) is 1. The van der Waals surface area contributed by atoms with Crippen molar-refractivity contribution in [1.82, 2.24) is 5.32 Å². The molecule has 1 unspecified atom stereocenters. The van der Waals surface area contributed by atoms with Crippen molar-refractivity contribution < 1.29 is 9.18 Å². The molecule has 1 atom stereocenters. The molecule has 3 nitrogen and oxygen atoms in total. The zero-order chi connectivity index (χ0) is 12.4. The SMILES string of the molecule is NC(=O)C(NCC1CC1)c1cc(Cl)ccc1F. The number of nitrogens with one attached hydrogen (secondary N) is 1. The van der Waals surface area contributed by atoms with Crippen LogP contribution in [-0.4, -0.2) is 12.5 Å². The number of hydrogen-bond acceptors (Lipinski definition) is 2. The molecular weight excluding hydrogens is 243 g/mol. The van der Waals surface area contributed by atoms with Crippen LogP contribution in [0.4, 0.5) is 4.39 Å². The van der Waals surface area contributed by atoms with E-state index < -0.39 is 17.8 Å². The monoisotopic (exact) mass is 256 g/mol. The zero-order valence-corrected chi connectivity index (χ0v) is 10.0. The van der Waals surface area contributed by atoms with Crippen LogP contribution in [0.3, 0.4) is 0 Å². The van der Waals surface area contributed by atoms with Crippen molar-refractivity contribution in [2.24, 2.45) is 11.7 Å². The Hall–Kier alpha value is -1.13. The highest BCUT2D eigenvalue weighted by atomic mass is 35.5. The van der Waals surface area contributed by atoms with E-state index in [1.165, 1.54) is 18.2 Å². The molecule has 1 aliphatic carbocycles. The summed E-state index contributed by atoms with van der Waals surface area (Å²) in [6.45, 7) is 0.680. The minimum Gasteiger partial charge on any atom is -0.368 e. The summed E-state index contributed by atoms with van der Waals surface area (Å²) in [5.41, 5.74) is 5.50. The molecular formula is C12H14ClFN2O. The van der Waals surface area contributed by atoms with Crippen molar-refractivity contribution in [3.8, 4) is 0 Å². The zero-order valence-electron chi connectivity index (χ0n) is 9.25. The molecule has 0 radical (unpaired) electrons. The van der Waals surface area contributed by atoms with E-state index >= 15 is 0 Å². The Bertz CT molecular complexity index is 435. The van der Waals surface area contributed by atoms with Gasteiger partial charge in [0, 0.05) is 10.6 Å². The van der Waals surface area contributed by atoms with Crippen molar-refractivity contribution in [2.75, 3.05) is 6.54 Å². The number of benzene rings is 1. The second-order valence-electron chi connectivity index (χ2n) is 4.35. The molecule has 0 heterocycles. The van der Waals surface area contributed by atoms with Gasteiger partial charge in [-0.15, -0.1) is 0 Å². The van der Waals surface area contributed by atoms with E-state index in [1.54, 1.807) is 0 Å². The molecule has 17 heavy (non-hydrogen) atoms. The highest BCUT2D eigenvalue weighted by Gasteiger charge is 2.26. The minimum absolute atomic E-state index is 0.214. The van der Waals surface area contributed by atoms with Crippen LogP contribution in [0.1, 0.15) is 24.4 Å². The number of primary amides is 1. The van der Waals surface area contributed by atoms with Gasteiger partial charge in [0.05, 0.1) is 0 Å². The lowest BCUT2D eigenvalue weighted by Crippen LogP contribution is -2.35. The maximum atomic E-state index is 13.6. The first kappa shape index (κ1) is 12.3. The molecule has 5 heteroatoms. The van der Waals surface area contributed by atoms with Gasteiger partial charge >= 0.3 is 0 Å². The first-order valence-electron chi connectivity index (χ1n) is 5.55. The van der Waals surface area contributed by atoms with E-state index in [9.17, 15) is 9.18 Å². The Morgan fingerprint density at radius 2 is 2.29 bits per heavy atom. The predicted molar refractivity (Wildman–Crippen MR) is 64.1 cm³/mol. The summed E-state index contributed by atoms with van der Waals surface area (Å²) in [6, 6.07) is 3.31. The van der Waals surface area contributed by atoms with Gasteiger partial charge in [0.2, 0.25) is 5.91 Å². The van der Waals surface area contributed by atoms with Crippen LogP contribution in [0.15, 0.2) is 18.2 Å². The Morgan fingerprint density at radius 1 is 1.59 bits per heavy atom. The lowest BCUT2D eigenvalue weighted by molar-refractivity contribution is -0.120. The fraction of sp³-hybridized carbons (Fsp3) is 0.417. The lowest BCUT2D eigenvalue weighted by Gasteiger charge is -2.16. The van der Waals surface area contributed by atoms with E-state index in [2.05, 4.69) is 5.32 Å². The van der Waals surface area contributed by atoms with Crippen LogP contribution in [0, 0.1) is 11.7 Å². The molecule has 1 saturated carbocycles. The van der Waals surface area contributed by atoms with Crippen LogP contribution >= 0.6 is 11.6 Å². The van der Waals surface area contributed by atoms with Crippen molar-refractivity contribution >= 4 is 17.5 Å². The normalized spacial score (nSPS) is 16.8. The van der Waals surface area contributed by atoms with E-state index in [1.807, 2.05) is 0 Å². The van der Waals surface area contributed by atoms with Gasteiger partial charge < -0.3 is 11.1 Å². The van der Waals surface area contributed by atoms with Crippen LogP contribution in [0.25, 0.3) is 0 Å². The lowest BCUT2D eigenvalue weighted by atomic mass is 10.1. The van der Waals surface area contributed by atoms with E-state index in [4.69, 9.17) is 17.3 Å². The second kappa shape index (κ2) is 5.02. The largest absolute Gasteiger partial charge is 0.368 e. The second-order valence-corrected chi connectivity index (χ2v) is 4.79. The maximum Gasteiger partial charge on any atom is 0.239 e. The van der Waals surface area contributed by atoms with Gasteiger partial charge in [0.15, 0.2) is 0 Å². The summed E-state index contributed by atoms with van der Waals surface area (Å²) in [6.07, 6.45) is 2.30. The van der Waals surface area contributed by atoms with Gasteiger partial charge in [-0.25, -0.2) is 4.39 Å². The minimum atomic E-state index is -0.811. The molecule has 1 aliphatic rings. The Balaban J connectivity index is 2.17. The topological polar surface area (TPSA) is 55.1 Å². The molecule has 92 valence electrons. The van der Waals surface area contributed by atoms with E-state index in [0.29, 0.717) is 17.5 Å². The molecule has 3 N–H and O–H groups in total. The standard InChI is InChI=1S/C12H14ClFN2O/c13-8-3-4-10(14)9(5-8)11(12(15)17)16-6-7-1-2-7/h3-5,7,11,16H,1-2,6H2,(H2,15,17). The Kier molecular flexibility index (Phi) is 3.64. The molecule has 1 amide bonds. The third-order valence-corrected chi connectivity index (χ3v) is 3.10. The van der Waals surface area contributed by atoms with Crippen molar-refractivity contribution in [2.45, 2.75) is 18.9 Å². The number of rotatable bonds is 5. The molecule has 0 aromatic heterocycles. The van der Waals surface area contributed by atoms with Crippen molar-refractivity contribution in [1.29, 1.82) is 0 Å². The van der Waals surface area contributed by atoms with Gasteiger partial charge in [-0.1, -0.05) is 11.6 Å². The van der Waals surface area contributed by atoms with Crippen LogP contribution in [-0.2, 0) is 4.79 Å². The van der Waals surface area contributed by atoms with Crippen LogP contribution < -0.4 is 11.1 Å². The van der Waals surface area contributed by atoms with Crippen molar-refractivity contribution in [3.05, 3.63) is 34.6 Å². The average Bonchev–Trinajstić information content (AvgIpc) is 3.06. The van der Waals surface area contributed by atoms with Crippen LogP contribution in [0.2, 0.25) is 5.02 Å². The van der Waals surface area contributed by atoms with Crippen molar-refractivity contribution in [3.63, 3.8) is 0 Å². The molecule has 0 bridgehead atoms. The number of hydrogen-bond donors (Lipinski definition) is 2. The molecule has 0 saturated heterocycles. The third-order valence-electron chi connectivity index (χ3n) is 2.86. The summed E-state index contributed by atoms with van der Waals surface area (Å²) >= 11 is 5.79. The van der Waals surface area contributed by atoms with E-state index in [0.717, 1.165) is 12.8 Å². The highest BCUT2D eigenvalue weighted by molar-refractivity contribution is 6.30. The van der Waals surface area contributed by atoms with Gasteiger partial charge in [-0.2, -0.15) is 0 Å². The van der Waals surface area contributed by atoms with Gasteiger partial charge in [0.25, 0.3) is 0 Å². The number of halogens is 2. The summed E-state index contributed by atoms with van der Waals surface area (Å²) < 4.78 is 13.6. The number of carbonyl (C=O) groups excluding carboxylic acids is 1. The fourth-order valence-corrected chi connectivity index (χ4v) is 1.89. The molecule has 1 aromatic rings. The summed E-state index contributed by atoms with van der Waals surface area (Å²) in [5, 5.41) is 3.38. The smallest absolute Gasteiger partial charge is 0.239 e. The maximum absolute atomic E-state index is 13.6. The molecule has 1 aromatic carbocycles. The molecule has 0 aliphatic heterocycles. The van der Waals surface area contributed by atoms with Crippen LogP contribution in [0.5, 0.6) is 0 Å². The molecule has 0 spiro atoms. The first-order chi connectivity index (χ1) is 8.08. The highest BCUT2D eigenvalue weighted by Crippen LogP contribution is 2.29. The quantitative estimate of drug-likeness (QED) is 0.847. The number of amides is 1. The summed E-state index contributed by atoms with van der Waals surface area (Å²) in [5.74, 6) is -0.479. The van der Waals surface area contributed by atoms with Gasteiger partial charge in [0.1, 0.15) is 11.9 Å².